The predicted molar refractivity (Wildman–Crippen MR) is 33.1 cm³/mol. The molecule has 0 aromatic heterocycles. The molecule has 0 fully saturated rings. The molecule has 0 radical (unpaired) electrons. The van der Waals surface area contributed by atoms with Crippen molar-refractivity contribution in [3.63, 3.8) is 0 Å². The van der Waals surface area contributed by atoms with Crippen LogP contribution in [0.15, 0.2) is 11.5 Å². The van der Waals surface area contributed by atoms with Crippen LogP contribution < -0.4 is 0 Å². The highest BCUT2D eigenvalue weighted by atomic mass is 32.2. The molecule has 0 bridgehead atoms. The summed E-state index contributed by atoms with van der Waals surface area (Å²) < 4.78 is 0. The SMILES string of the molecule is OC1(O)CCC=CS1. The lowest BCUT2D eigenvalue weighted by molar-refractivity contribution is -0.0804. The van der Waals surface area contributed by atoms with Gasteiger partial charge in [0.15, 0.2) is 0 Å². The molecule has 0 saturated heterocycles. The van der Waals surface area contributed by atoms with E-state index in [1.54, 1.807) is 5.41 Å². The standard InChI is InChI=1S/C5H8O2S/c6-5(7)3-1-2-4-8-5/h2,4,6-7H,1,3H2. The molecule has 3 heteroatoms. The molecule has 0 aromatic carbocycles. The van der Waals surface area contributed by atoms with Crippen LogP contribution in [0.25, 0.3) is 0 Å². The van der Waals surface area contributed by atoms with Crippen LogP contribution in [0, 0.1) is 0 Å². The Hall–Kier alpha value is 0.01000. The summed E-state index contributed by atoms with van der Waals surface area (Å²) >= 11 is 1.05. The van der Waals surface area contributed by atoms with Crippen LogP contribution in [0.3, 0.4) is 0 Å². The minimum absolute atomic E-state index is 0.439. The summed E-state index contributed by atoms with van der Waals surface area (Å²) in [5.74, 6) is 0. The Bertz CT molecular complexity index is 109. The van der Waals surface area contributed by atoms with E-state index in [9.17, 15) is 0 Å². The third-order valence-corrected chi connectivity index (χ3v) is 1.90. The van der Waals surface area contributed by atoms with E-state index in [1.165, 1.54) is 0 Å². The zero-order valence-electron chi connectivity index (χ0n) is 4.37. The quantitative estimate of drug-likeness (QED) is 0.476. The summed E-state index contributed by atoms with van der Waals surface area (Å²) in [6, 6.07) is 0. The first-order chi connectivity index (χ1) is 3.71. The third kappa shape index (κ3) is 1.51. The fraction of sp³-hybridized carbons (Fsp3) is 0.600. The van der Waals surface area contributed by atoms with E-state index in [4.69, 9.17) is 10.2 Å². The summed E-state index contributed by atoms with van der Waals surface area (Å²) in [6.07, 6.45) is 3.13. The van der Waals surface area contributed by atoms with E-state index >= 15 is 0 Å². The Morgan fingerprint density at radius 2 is 2.25 bits per heavy atom. The minimum Gasteiger partial charge on any atom is -0.357 e. The van der Waals surface area contributed by atoms with Crippen molar-refractivity contribution >= 4 is 11.8 Å². The van der Waals surface area contributed by atoms with Crippen LogP contribution in [0.1, 0.15) is 12.8 Å². The lowest BCUT2D eigenvalue weighted by Gasteiger charge is -2.20. The van der Waals surface area contributed by atoms with Gasteiger partial charge in [-0.15, -0.1) is 0 Å². The third-order valence-electron chi connectivity index (χ3n) is 0.990. The van der Waals surface area contributed by atoms with Gasteiger partial charge >= 0.3 is 0 Å². The zero-order valence-corrected chi connectivity index (χ0v) is 5.19. The summed E-state index contributed by atoms with van der Waals surface area (Å²) in [4.78, 5) is 0. The molecular weight excluding hydrogens is 124 g/mol. The summed E-state index contributed by atoms with van der Waals surface area (Å²) in [5.41, 5.74) is 0. The van der Waals surface area contributed by atoms with Gasteiger partial charge in [0.1, 0.15) is 0 Å². The van der Waals surface area contributed by atoms with Crippen LogP contribution >= 0.6 is 11.8 Å². The molecule has 0 aliphatic carbocycles. The maximum absolute atomic E-state index is 8.84. The normalized spacial score (nSPS) is 25.8. The van der Waals surface area contributed by atoms with Gasteiger partial charge in [-0.1, -0.05) is 17.8 Å². The number of hydrogen-bond donors (Lipinski definition) is 2. The topological polar surface area (TPSA) is 40.5 Å². The van der Waals surface area contributed by atoms with Crippen molar-refractivity contribution < 1.29 is 10.2 Å². The lowest BCUT2D eigenvalue weighted by atomic mass is 10.3. The molecule has 1 aliphatic rings. The molecule has 1 aliphatic heterocycles. The Morgan fingerprint density at radius 3 is 2.50 bits per heavy atom. The number of hydrogen-bond acceptors (Lipinski definition) is 3. The molecule has 0 saturated carbocycles. The smallest absolute Gasteiger partial charge is 0.217 e. The fourth-order valence-electron chi connectivity index (χ4n) is 0.555. The molecule has 0 spiro atoms. The molecule has 0 unspecified atom stereocenters. The molecule has 1 rings (SSSR count). The molecule has 0 atom stereocenters. The second-order valence-corrected chi connectivity index (χ2v) is 2.93. The van der Waals surface area contributed by atoms with Gasteiger partial charge < -0.3 is 10.2 Å². The van der Waals surface area contributed by atoms with Gasteiger partial charge in [-0.05, 0) is 11.8 Å². The highest BCUT2D eigenvalue weighted by Gasteiger charge is 2.23. The Morgan fingerprint density at radius 1 is 1.50 bits per heavy atom. The Kier molecular flexibility index (Phi) is 1.60. The number of rotatable bonds is 0. The first-order valence-corrected chi connectivity index (χ1v) is 3.36. The summed E-state index contributed by atoms with van der Waals surface area (Å²) in [5, 5.41) is 17.9. The number of thioether (sulfide) groups is 1. The molecule has 2 nitrogen and oxygen atoms in total. The van der Waals surface area contributed by atoms with Crippen molar-refractivity contribution in [3.8, 4) is 0 Å². The second-order valence-electron chi connectivity index (χ2n) is 1.77. The average Bonchev–Trinajstić information content (AvgIpc) is 1.65. The zero-order chi connectivity index (χ0) is 6.04. The van der Waals surface area contributed by atoms with Crippen LogP contribution in [-0.4, -0.2) is 15.3 Å². The molecule has 0 amide bonds. The highest BCUT2D eigenvalue weighted by molar-refractivity contribution is 8.03. The first-order valence-electron chi connectivity index (χ1n) is 2.48. The van der Waals surface area contributed by atoms with E-state index < -0.39 is 5.12 Å². The summed E-state index contributed by atoms with van der Waals surface area (Å²) in [7, 11) is 0. The van der Waals surface area contributed by atoms with Gasteiger partial charge in [-0.2, -0.15) is 0 Å². The second kappa shape index (κ2) is 2.09. The van der Waals surface area contributed by atoms with E-state index in [0.29, 0.717) is 6.42 Å². The highest BCUT2D eigenvalue weighted by Crippen LogP contribution is 2.29. The van der Waals surface area contributed by atoms with Gasteiger partial charge in [0.2, 0.25) is 5.12 Å². The largest absolute Gasteiger partial charge is 0.357 e. The van der Waals surface area contributed by atoms with Gasteiger partial charge in [0.05, 0.1) is 0 Å². The average molecular weight is 132 g/mol. The number of aliphatic hydroxyl groups is 2. The van der Waals surface area contributed by atoms with Gasteiger partial charge in [0.25, 0.3) is 0 Å². The van der Waals surface area contributed by atoms with Crippen LogP contribution in [-0.2, 0) is 0 Å². The molecule has 8 heavy (non-hydrogen) atoms. The van der Waals surface area contributed by atoms with Gasteiger partial charge in [-0.3, -0.25) is 0 Å². The molecule has 1 heterocycles. The fourth-order valence-corrected chi connectivity index (χ4v) is 1.24. The summed E-state index contributed by atoms with van der Waals surface area (Å²) in [6.45, 7) is 0. The van der Waals surface area contributed by atoms with Gasteiger partial charge in [0, 0.05) is 6.42 Å². The van der Waals surface area contributed by atoms with E-state index in [0.717, 1.165) is 18.2 Å². The maximum atomic E-state index is 8.84. The molecule has 2 N–H and O–H groups in total. The van der Waals surface area contributed by atoms with Crippen molar-refractivity contribution in [2.45, 2.75) is 18.0 Å². The molecular formula is C5H8O2S. The lowest BCUT2D eigenvalue weighted by Crippen LogP contribution is -2.23. The van der Waals surface area contributed by atoms with Crippen LogP contribution in [0.5, 0.6) is 0 Å². The monoisotopic (exact) mass is 132 g/mol. The van der Waals surface area contributed by atoms with E-state index in [-0.39, 0.29) is 0 Å². The predicted octanol–water partition coefficient (Wildman–Crippen LogP) is 0.665. The Balaban J connectivity index is 2.50. The van der Waals surface area contributed by atoms with Crippen molar-refractivity contribution in [3.05, 3.63) is 11.5 Å². The Labute approximate surface area is 52.2 Å². The van der Waals surface area contributed by atoms with Crippen molar-refractivity contribution in [1.82, 2.24) is 0 Å². The van der Waals surface area contributed by atoms with Crippen LogP contribution in [0.4, 0.5) is 0 Å². The van der Waals surface area contributed by atoms with Gasteiger partial charge in [-0.25, -0.2) is 0 Å². The molecule has 46 valence electrons. The number of allylic oxidation sites excluding steroid dienone is 1. The maximum Gasteiger partial charge on any atom is 0.217 e. The molecule has 0 aromatic rings. The van der Waals surface area contributed by atoms with Crippen LogP contribution in [0.2, 0.25) is 0 Å². The van der Waals surface area contributed by atoms with E-state index in [2.05, 4.69) is 0 Å². The van der Waals surface area contributed by atoms with Crippen molar-refractivity contribution in [1.29, 1.82) is 0 Å². The van der Waals surface area contributed by atoms with Crippen molar-refractivity contribution in [2.24, 2.45) is 0 Å². The van der Waals surface area contributed by atoms with E-state index in [1.807, 2.05) is 6.08 Å². The first kappa shape index (κ1) is 6.13. The minimum atomic E-state index is -1.49. The van der Waals surface area contributed by atoms with Crippen molar-refractivity contribution in [2.75, 3.05) is 0 Å².